The van der Waals surface area contributed by atoms with E-state index in [1.807, 2.05) is 13.8 Å². The van der Waals surface area contributed by atoms with E-state index in [1.54, 1.807) is 0 Å². The van der Waals surface area contributed by atoms with Gasteiger partial charge in [-0.25, -0.2) is 0 Å². The van der Waals surface area contributed by atoms with Crippen LogP contribution in [0.15, 0.2) is 48.5 Å². The molecule has 2 nitrogen and oxygen atoms in total. The first-order chi connectivity index (χ1) is 11.3. The van der Waals surface area contributed by atoms with Crippen LogP contribution in [0.2, 0.25) is 0 Å². The number of ether oxygens (including phenoxy) is 2. The molecule has 23 heavy (non-hydrogen) atoms. The van der Waals surface area contributed by atoms with Crippen molar-refractivity contribution in [2.45, 2.75) is 44.9 Å². The molecule has 0 aliphatic heterocycles. The molecule has 2 atom stereocenters. The summed E-state index contributed by atoms with van der Waals surface area (Å²) in [6, 6.07) is 17.3. The van der Waals surface area contributed by atoms with E-state index in [2.05, 4.69) is 48.5 Å². The van der Waals surface area contributed by atoms with Crippen molar-refractivity contribution in [3.8, 4) is 11.5 Å². The van der Waals surface area contributed by atoms with Gasteiger partial charge in [-0.1, -0.05) is 24.3 Å². The predicted molar refractivity (Wildman–Crippen MR) is 94.6 cm³/mol. The smallest absolute Gasteiger partial charge is 0.119 e. The van der Waals surface area contributed by atoms with Crippen LogP contribution >= 0.6 is 0 Å². The summed E-state index contributed by atoms with van der Waals surface area (Å²) in [5.74, 6) is 3.28. The monoisotopic (exact) mass is 310 g/mol. The normalized spacial score (nSPS) is 20.4. The molecule has 122 valence electrons. The highest BCUT2D eigenvalue weighted by molar-refractivity contribution is 5.33. The Balaban J connectivity index is 1.63. The Labute approximate surface area is 139 Å². The van der Waals surface area contributed by atoms with Gasteiger partial charge in [-0.15, -0.1) is 0 Å². The lowest BCUT2D eigenvalue weighted by atomic mass is 9.93. The molecule has 2 heteroatoms. The van der Waals surface area contributed by atoms with Gasteiger partial charge in [0.05, 0.1) is 13.2 Å². The Morgan fingerprint density at radius 1 is 0.696 bits per heavy atom. The molecule has 1 aliphatic carbocycles. The van der Waals surface area contributed by atoms with Gasteiger partial charge in [-0.3, -0.25) is 0 Å². The maximum atomic E-state index is 5.53. The highest BCUT2D eigenvalue weighted by Crippen LogP contribution is 2.44. The molecule has 3 rings (SSSR count). The quantitative estimate of drug-likeness (QED) is 0.698. The Kier molecular flexibility index (Phi) is 5.22. The fourth-order valence-corrected chi connectivity index (χ4v) is 3.59. The Morgan fingerprint density at radius 3 is 1.43 bits per heavy atom. The molecule has 0 bridgehead atoms. The number of hydrogen-bond donors (Lipinski definition) is 0. The molecule has 1 saturated carbocycles. The van der Waals surface area contributed by atoms with E-state index in [1.165, 1.54) is 30.4 Å². The van der Waals surface area contributed by atoms with Crippen LogP contribution in [0.5, 0.6) is 11.5 Å². The van der Waals surface area contributed by atoms with E-state index in [0.29, 0.717) is 11.8 Å². The molecule has 0 aromatic heterocycles. The van der Waals surface area contributed by atoms with E-state index in [-0.39, 0.29) is 0 Å². The van der Waals surface area contributed by atoms with Crippen LogP contribution in [0.25, 0.3) is 0 Å². The van der Waals surface area contributed by atoms with Gasteiger partial charge in [0.25, 0.3) is 0 Å². The predicted octanol–water partition coefficient (Wildman–Crippen LogP) is 5.54. The highest BCUT2D eigenvalue weighted by atomic mass is 16.5. The molecule has 0 amide bonds. The maximum absolute atomic E-state index is 5.53. The Bertz CT molecular complexity index is 545. The van der Waals surface area contributed by atoms with Crippen molar-refractivity contribution in [3.05, 3.63) is 59.7 Å². The summed E-state index contributed by atoms with van der Waals surface area (Å²) in [5.41, 5.74) is 2.89. The fraction of sp³-hybridized carbons (Fsp3) is 0.429. The van der Waals surface area contributed by atoms with Gasteiger partial charge in [0.2, 0.25) is 0 Å². The lowest BCUT2D eigenvalue weighted by Crippen LogP contribution is -1.97. The average Bonchev–Trinajstić information content (AvgIpc) is 3.07. The topological polar surface area (TPSA) is 18.5 Å². The van der Waals surface area contributed by atoms with Crippen molar-refractivity contribution in [2.75, 3.05) is 13.2 Å². The van der Waals surface area contributed by atoms with Gasteiger partial charge in [0, 0.05) is 0 Å². The van der Waals surface area contributed by atoms with Crippen LogP contribution in [-0.4, -0.2) is 13.2 Å². The minimum atomic E-state index is 0.669. The summed E-state index contributed by atoms with van der Waals surface area (Å²) < 4.78 is 11.1. The van der Waals surface area contributed by atoms with Crippen molar-refractivity contribution < 1.29 is 9.47 Å². The Morgan fingerprint density at radius 2 is 1.09 bits per heavy atom. The number of benzene rings is 2. The second kappa shape index (κ2) is 7.54. The van der Waals surface area contributed by atoms with Crippen LogP contribution in [0.3, 0.4) is 0 Å². The number of hydrogen-bond acceptors (Lipinski definition) is 2. The van der Waals surface area contributed by atoms with Crippen molar-refractivity contribution in [1.82, 2.24) is 0 Å². The van der Waals surface area contributed by atoms with Crippen molar-refractivity contribution in [2.24, 2.45) is 0 Å². The molecule has 2 aromatic carbocycles. The lowest BCUT2D eigenvalue weighted by molar-refractivity contribution is 0.340. The van der Waals surface area contributed by atoms with Gasteiger partial charge in [-0.2, -0.15) is 0 Å². The zero-order chi connectivity index (χ0) is 16.1. The maximum Gasteiger partial charge on any atom is 0.119 e. The summed E-state index contributed by atoms with van der Waals surface area (Å²) in [6.07, 6.45) is 3.78. The van der Waals surface area contributed by atoms with Gasteiger partial charge in [0.1, 0.15) is 11.5 Å². The molecule has 0 unspecified atom stereocenters. The van der Waals surface area contributed by atoms with Gasteiger partial charge < -0.3 is 9.47 Å². The zero-order valence-corrected chi connectivity index (χ0v) is 14.1. The first-order valence-corrected chi connectivity index (χ1v) is 8.75. The fourth-order valence-electron chi connectivity index (χ4n) is 3.59. The molecule has 0 spiro atoms. The largest absolute Gasteiger partial charge is 0.494 e. The van der Waals surface area contributed by atoms with E-state index in [0.717, 1.165) is 24.7 Å². The molecule has 0 radical (unpaired) electrons. The van der Waals surface area contributed by atoms with Crippen LogP contribution in [0.1, 0.15) is 56.1 Å². The third kappa shape index (κ3) is 3.87. The van der Waals surface area contributed by atoms with E-state index in [9.17, 15) is 0 Å². The summed E-state index contributed by atoms with van der Waals surface area (Å²) in [7, 11) is 0. The van der Waals surface area contributed by atoms with Crippen molar-refractivity contribution >= 4 is 0 Å². The second-order valence-electron chi connectivity index (χ2n) is 6.21. The van der Waals surface area contributed by atoms with Crippen LogP contribution < -0.4 is 9.47 Å². The average molecular weight is 310 g/mol. The van der Waals surface area contributed by atoms with Gasteiger partial charge in [-0.05, 0) is 80.3 Å². The SMILES string of the molecule is CCOc1ccc([C@@H]2CC[C@@H](c3ccc(OCC)cc3)C2)cc1. The number of rotatable bonds is 6. The molecule has 0 saturated heterocycles. The first-order valence-electron chi connectivity index (χ1n) is 8.75. The molecule has 0 N–H and O–H groups in total. The summed E-state index contributed by atoms with van der Waals surface area (Å²) in [4.78, 5) is 0. The van der Waals surface area contributed by atoms with E-state index in [4.69, 9.17) is 9.47 Å². The third-order valence-corrected chi connectivity index (χ3v) is 4.76. The molecule has 1 fully saturated rings. The first kappa shape index (κ1) is 15.9. The highest BCUT2D eigenvalue weighted by Gasteiger charge is 2.26. The molecule has 1 aliphatic rings. The molecular weight excluding hydrogens is 284 g/mol. The van der Waals surface area contributed by atoms with Crippen molar-refractivity contribution in [3.63, 3.8) is 0 Å². The molecule has 2 aromatic rings. The van der Waals surface area contributed by atoms with E-state index < -0.39 is 0 Å². The lowest BCUT2D eigenvalue weighted by Gasteiger charge is -2.13. The summed E-state index contributed by atoms with van der Waals surface area (Å²) >= 11 is 0. The van der Waals surface area contributed by atoms with Crippen LogP contribution in [0, 0.1) is 0 Å². The van der Waals surface area contributed by atoms with Crippen LogP contribution in [-0.2, 0) is 0 Å². The molecule has 0 heterocycles. The second-order valence-corrected chi connectivity index (χ2v) is 6.21. The van der Waals surface area contributed by atoms with Crippen molar-refractivity contribution in [1.29, 1.82) is 0 Å². The third-order valence-electron chi connectivity index (χ3n) is 4.76. The van der Waals surface area contributed by atoms with Gasteiger partial charge >= 0.3 is 0 Å². The molecular formula is C21H26O2. The van der Waals surface area contributed by atoms with E-state index >= 15 is 0 Å². The van der Waals surface area contributed by atoms with Gasteiger partial charge in [0.15, 0.2) is 0 Å². The van der Waals surface area contributed by atoms with Crippen LogP contribution in [0.4, 0.5) is 0 Å². The summed E-state index contributed by atoms with van der Waals surface area (Å²) in [5, 5.41) is 0. The zero-order valence-electron chi connectivity index (χ0n) is 14.1. The minimum absolute atomic E-state index is 0.669. The standard InChI is InChI=1S/C21H26O2/c1-3-22-20-11-7-16(8-12-20)18-5-6-19(15-18)17-9-13-21(14-10-17)23-4-2/h7-14,18-19H,3-6,15H2,1-2H3/t18-,19-/m1/s1. The summed E-state index contributed by atoms with van der Waals surface area (Å²) in [6.45, 7) is 5.49. The Hall–Kier alpha value is -1.96. The minimum Gasteiger partial charge on any atom is -0.494 e.